The molecule has 0 saturated heterocycles. The summed E-state index contributed by atoms with van der Waals surface area (Å²) in [5, 5.41) is 3.01. The minimum absolute atomic E-state index is 0.0821. The molecule has 1 fully saturated rings. The Labute approximate surface area is 121 Å². The standard InChI is InChI=1S/C17H26N2O/c1-4-17(9-10-17)16(20)19-11-15(18)14-7-5-13(6-8-14)12(2)3/h5-8,12,15H,4,9-11,18H2,1-3H3,(H,19,20). The van der Waals surface area contributed by atoms with Crippen LogP contribution < -0.4 is 11.1 Å². The molecule has 3 heteroatoms. The highest BCUT2D eigenvalue weighted by Gasteiger charge is 2.47. The van der Waals surface area contributed by atoms with Crippen molar-refractivity contribution in [2.75, 3.05) is 6.54 Å². The van der Waals surface area contributed by atoms with Gasteiger partial charge in [-0.1, -0.05) is 45.0 Å². The lowest BCUT2D eigenvalue weighted by Gasteiger charge is -2.17. The fourth-order valence-corrected chi connectivity index (χ4v) is 2.53. The maximum Gasteiger partial charge on any atom is 0.226 e. The molecule has 110 valence electrons. The zero-order chi connectivity index (χ0) is 14.8. The van der Waals surface area contributed by atoms with Gasteiger partial charge in [-0.2, -0.15) is 0 Å². The first-order valence-corrected chi connectivity index (χ1v) is 7.62. The molecule has 1 atom stereocenters. The van der Waals surface area contributed by atoms with Crippen LogP contribution in [0, 0.1) is 5.41 Å². The summed E-state index contributed by atoms with van der Waals surface area (Å²) >= 11 is 0. The van der Waals surface area contributed by atoms with Crippen molar-refractivity contribution in [1.82, 2.24) is 5.32 Å². The molecular weight excluding hydrogens is 248 g/mol. The van der Waals surface area contributed by atoms with E-state index in [-0.39, 0.29) is 17.4 Å². The number of hydrogen-bond donors (Lipinski definition) is 2. The first kappa shape index (κ1) is 15.0. The lowest BCUT2D eigenvalue weighted by atomic mass is 9.99. The Morgan fingerprint density at radius 2 is 1.80 bits per heavy atom. The van der Waals surface area contributed by atoms with E-state index >= 15 is 0 Å². The van der Waals surface area contributed by atoms with Crippen LogP contribution in [-0.2, 0) is 4.79 Å². The molecule has 0 aromatic heterocycles. The van der Waals surface area contributed by atoms with Gasteiger partial charge in [-0.3, -0.25) is 4.79 Å². The van der Waals surface area contributed by atoms with E-state index in [9.17, 15) is 4.79 Å². The van der Waals surface area contributed by atoms with Gasteiger partial charge in [-0.15, -0.1) is 0 Å². The normalized spacial score (nSPS) is 17.9. The number of hydrogen-bond acceptors (Lipinski definition) is 2. The minimum atomic E-state index is -0.132. The molecule has 1 aliphatic carbocycles. The van der Waals surface area contributed by atoms with E-state index in [0.717, 1.165) is 24.8 Å². The topological polar surface area (TPSA) is 55.1 Å². The SMILES string of the molecule is CCC1(C(=O)NCC(N)c2ccc(C(C)C)cc2)CC1. The molecule has 0 heterocycles. The largest absolute Gasteiger partial charge is 0.354 e. The molecule has 3 nitrogen and oxygen atoms in total. The molecular formula is C17H26N2O. The number of nitrogens with two attached hydrogens (primary N) is 1. The van der Waals surface area contributed by atoms with Gasteiger partial charge in [-0.05, 0) is 36.3 Å². The van der Waals surface area contributed by atoms with Gasteiger partial charge in [0, 0.05) is 18.0 Å². The maximum atomic E-state index is 12.1. The van der Waals surface area contributed by atoms with Gasteiger partial charge in [0.2, 0.25) is 5.91 Å². The number of benzene rings is 1. The minimum Gasteiger partial charge on any atom is -0.354 e. The van der Waals surface area contributed by atoms with Gasteiger partial charge in [0.15, 0.2) is 0 Å². The van der Waals surface area contributed by atoms with Gasteiger partial charge in [-0.25, -0.2) is 0 Å². The number of nitrogens with one attached hydrogen (secondary N) is 1. The molecule has 3 N–H and O–H groups in total. The summed E-state index contributed by atoms with van der Waals surface area (Å²) in [6.07, 6.45) is 2.97. The van der Waals surface area contributed by atoms with Crippen LogP contribution in [0.5, 0.6) is 0 Å². The Hall–Kier alpha value is -1.35. The molecule has 1 aromatic carbocycles. The molecule has 0 radical (unpaired) electrons. The van der Waals surface area contributed by atoms with Gasteiger partial charge < -0.3 is 11.1 Å². The lowest BCUT2D eigenvalue weighted by molar-refractivity contribution is -0.126. The Balaban J connectivity index is 1.88. The number of amides is 1. The van der Waals surface area contributed by atoms with Gasteiger partial charge in [0.1, 0.15) is 0 Å². The van der Waals surface area contributed by atoms with Crippen molar-refractivity contribution in [1.29, 1.82) is 0 Å². The van der Waals surface area contributed by atoms with Crippen LogP contribution in [0.4, 0.5) is 0 Å². The molecule has 0 bridgehead atoms. The van der Waals surface area contributed by atoms with E-state index < -0.39 is 0 Å². The van der Waals surface area contributed by atoms with Crippen molar-refractivity contribution < 1.29 is 4.79 Å². The predicted octanol–water partition coefficient (Wildman–Crippen LogP) is 3.12. The fraction of sp³-hybridized carbons (Fsp3) is 0.588. The van der Waals surface area contributed by atoms with E-state index in [1.54, 1.807) is 0 Å². The molecule has 0 spiro atoms. The number of carbonyl (C=O) groups excluding carboxylic acids is 1. The van der Waals surface area contributed by atoms with Crippen LogP contribution in [0.1, 0.15) is 63.1 Å². The summed E-state index contributed by atoms with van der Waals surface area (Å²) < 4.78 is 0. The van der Waals surface area contributed by atoms with Crippen molar-refractivity contribution in [3.05, 3.63) is 35.4 Å². The monoisotopic (exact) mass is 274 g/mol. The highest BCUT2D eigenvalue weighted by atomic mass is 16.2. The van der Waals surface area contributed by atoms with E-state index in [1.165, 1.54) is 5.56 Å². The highest BCUT2D eigenvalue weighted by Crippen LogP contribution is 2.48. The summed E-state index contributed by atoms with van der Waals surface area (Å²) in [6, 6.07) is 8.25. The summed E-state index contributed by atoms with van der Waals surface area (Å²) in [5.74, 6) is 0.702. The van der Waals surface area contributed by atoms with Gasteiger partial charge in [0.05, 0.1) is 0 Å². The zero-order valence-electron chi connectivity index (χ0n) is 12.8. The molecule has 1 aliphatic rings. The fourth-order valence-electron chi connectivity index (χ4n) is 2.53. The third-order valence-corrected chi connectivity index (χ3v) is 4.53. The van der Waals surface area contributed by atoms with Crippen LogP contribution in [-0.4, -0.2) is 12.5 Å². The van der Waals surface area contributed by atoms with Crippen LogP contribution in [0.3, 0.4) is 0 Å². The van der Waals surface area contributed by atoms with Crippen molar-refractivity contribution in [2.24, 2.45) is 11.1 Å². The number of rotatable bonds is 6. The molecule has 1 aromatic rings. The van der Waals surface area contributed by atoms with Crippen LogP contribution in [0.25, 0.3) is 0 Å². The van der Waals surface area contributed by atoms with E-state index in [0.29, 0.717) is 12.5 Å². The van der Waals surface area contributed by atoms with Crippen LogP contribution >= 0.6 is 0 Å². The second-order valence-electron chi connectivity index (χ2n) is 6.27. The Morgan fingerprint density at radius 3 is 2.25 bits per heavy atom. The molecule has 0 aliphatic heterocycles. The van der Waals surface area contributed by atoms with Crippen molar-refractivity contribution >= 4 is 5.91 Å². The van der Waals surface area contributed by atoms with Crippen LogP contribution in [0.2, 0.25) is 0 Å². The van der Waals surface area contributed by atoms with E-state index in [4.69, 9.17) is 5.73 Å². The molecule has 20 heavy (non-hydrogen) atoms. The third kappa shape index (κ3) is 3.21. The molecule has 1 amide bonds. The average molecular weight is 274 g/mol. The lowest BCUT2D eigenvalue weighted by Crippen LogP contribution is -2.36. The molecule has 2 rings (SSSR count). The first-order chi connectivity index (χ1) is 9.48. The van der Waals surface area contributed by atoms with Crippen LogP contribution in [0.15, 0.2) is 24.3 Å². The van der Waals surface area contributed by atoms with E-state index in [2.05, 4.69) is 50.4 Å². The first-order valence-electron chi connectivity index (χ1n) is 7.62. The van der Waals surface area contributed by atoms with Gasteiger partial charge >= 0.3 is 0 Å². The second kappa shape index (κ2) is 5.96. The Morgan fingerprint density at radius 1 is 1.25 bits per heavy atom. The predicted molar refractivity (Wildman–Crippen MR) is 82.4 cm³/mol. The summed E-state index contributed by atoms with van der Waals surface area (Å²) in [4.78, 5) is 12.1. The maximum absolute atomic E-state index is 12.1. The summed E-state index contributed by atoms with van der Waals surface area (Å²) in [7, 11) is 0. The summed E-state index contributed by atoms with van der Waals surface area (Å²) in [5.41, 5.74) is 8.47. The smallest absolute Gasteiger partial charge is 0.226 e. The zero-order valence-corrected chi connectivity index (χ0v) is 12.8. The van der Waals surface area contributed by atoms with Crippen molar-refractivity contribution in [3.63, 3.8) is 0 Å². The van der Waals surface area contributed by atoms with Crippen molar-refractivity contribution in [2.45, 2.75) is 52.0 Å². The van der Waals surface area contributed by atoms with E-state index in [1.807, 2.05) is 0 Å². The van der Waals surface area contributed by atoms with Gasteiger partial charge in [0.25, 0.3) is 0 Å². The Kier molecular flexibility index (Phi) is 4.48. The summed E-state index contributed by atoms with van der Waals surface area (Å²) in [6.45, 7) is 6.95. The molecule has 1 unspecified atom stereocenters. The number of carbonyl (C=O) groups is 1. The quantitative estimate of drug-likeness (QED) is 0.837. The second-order valence-corrected chi connectivity index (χ2v) is 6.27. The highest BCUT2D eigenvalue weighted by molar-refractivity contribution is 5.85. The van der Waals surface area contributed by atoms with Crippen molar-refractivity contribution in [3.8, 4) is 0 Å². The Bertz CT molecular complexity index is 460. The average Bonchev–Trinajstić information content (AvgIpc) is 3.25. The molecule has 1 saturated carbocycles. The third-order valence-electron chi connectivity index (χ3n) is 4.53.